The van der Waals surface area contributed by atoms with Crippen LogP contribution in [0.1, 0.15) is 32.5 Å². The number of rotatable bonds is 6. The number of aromatic nitrogens is 4. The number of para-hydroxylation sites is 2. The van der Waals surface area contributed by atoms with Gasteiger partial charge >= 0.3 is 0 Å². The molecular formula is C21H23N5O3S. The Morgan fingerprint density at radius 3 is 2.40 bits per heavy atom. The lowest BCUT2D eigenvalue weighted by Crippen LogP contribution is -2.32. The molecule has 0 fully saturated rings. The highest BCUT2D eigenvalue weighted by atomic mass is 32.2. The number of sulfonamides is 1. The maximum Gasteiger partial charge on any atom is 0.265 e. The van der Waals surface area contributed by atoms with Crippen LogP contribution in [0.3, 0.4) is 0 Å². The van der Waals surface area contributed by atoms with Crippen molar-refractivity contribution < 1.29 is 13.2 Å². The summed E-state index contributed by atoms with van der Waals surface area (Å²) in [5.74, 6) is 1.70. The Bertz CT molecular complexity index is 1310. The van der Waals surface area contributed by atoms with Gasteiger partial charge in [0.15, 0.2) is 5.82 Å². The number of benzene rings is 2. The molecule has 156 valence electrons. The van der Waals surface area contributed by atoms with Crippen molar-refractivity contribution in [1.82, 2.24) is 19.6 Å². The summed E-state index contributed by atoms with van der Waals surface area (Å²) in [5.41, 5.74) is 1.92. The molecule has 2 heterocycles. The molecular weight excluding hydrogens is 402 g/mol. The van der Waals surface area contributed by atoms with E-state index in [1.165, 1.54) is 23.5 Å². The van der Waals surface area contributed by atoms with Crippen molar-refractivity contribution >= 4 is 32.5 Å². The Morgan fingerprint density at radius 1 is 1.07 bits per heavy atom. The van der Waals surface area contributed by atoms with E-state index in [9.17, 15) is 8.42 Å². The van der Waals surface area contributed by atoms with E-state index in [-0.39, 0.29) is 23.2 Å². The minimum absolute atomic E-state index is 0.104. The van der Waals surface area contributed by atoms with Crippen LogP contribution in [0, 0.1) is 0 Å². The maximum absolute atomic E-state index is 13.5. The number of anilines is 1. The molecule has 2 aromatic heterocycles. The molecule has 0 N–H and O–H groups in total. The summed E-state index contributed by atoms with van der Waals surface area (Å²) in [4.78, 5) is 4.83. The van der Waals surface area contributed by atoms with Crippen LogP contribution in [-0.4, -0.2) is 41.7 Å². The first-order valence-electron chi connectivity index (χ1n) is 9.69. The summed E-state index contributed by atoms with van der Waals surface area (Å²) in [5, 5.41) is 8.65. The van der Waals surface area contributed by atoms with Crippen LogP contribution >= 0.6 is 0 Å². The highest BCUT2D eigenvalue weighted by Crippen LogP contribution is 2.30. The molecule has 9 heteroatoms. The molecule has 0 saturated heterocycles. The molecule has 0 aliphatic heterocycles. The highest BCUT2D eigenvalue weighted by molar-refractivity contribution is 7.92. The molecule has 4 aromatic rings. The van der Waals surface area contributed by atoms with Gasteiger partial charge in [0.2, 0.25) is 5.65 Å². The van der Waals surface area contributed by atoms with Gasteiger partial charge in [-0.15, -0.1) is 10.2 Å². The zero-order chi connectivity index (χ0) is 21.5. The van der Waals surface area contributed by atoms with E-state index in [2.05, 4.69) is 15.2 Å². The number of hydrogen-bond donors (Lipinski definition) is 0. The summed E-state index contributed by atoms with van der Waals surface area (Å²) >= 11 is 0. The number of nitrogens with zero attached hydrogens (tertiary/aromatic N) is 5. The van der Waals surface area contributed by atoms with E-state index < -0.39 is 10.0 Å². The van der Waals surface area contributed by atoms with Crippen molar-refractivity contribution in [1.29, 1.82) is 0 Å². The Balaban J connectivity index is 1.97. The first-order chi connectivity index (χ1) is 14.4. The third-order valence-corrected chi connectivity index (χ3v) is 6.80. The second-order valence-electron chi connectivity index (χ2n) is 7.14. The quantitative estimate of drug-likeness (QED) is 0.469. The lowest BCUT2D eigenvalue weighted by atomic mass is 10.2. The van der Waals surface area contributed by atoms with Crippen molar-refractivity contribution in [2.75, 3.05) is 18.0 Å². The Hall–Kier alpha value is -3.20. The normalized spacial score (nSPS) is 12.0. The standard InChI is InChI=1S/C21H23N5O3S/c1-5-25(30(27,28)16-12-10-15(29-4)11-13-16)20-21-24-23-19(14(2)3)26(21)18-9-7-6-8-17(18)22-20/h6-14H,5H2,1-4H3. The maximum atomic E-state index is 13.5. The van der Waals surface area contributed by atoms with Crippen LogP contribution in [0.15, 0.2) is 53.4 Å². The minimum Gasteiger partial charge on any atom is -0.497 e. The average molecular weight is 426 g/mol. The van der Waals surface area contributed by atoms with E-state index in [0.717, 1.165) is 11.3 Å². The van der Waals surface area contributed by atoms with Gasteiger partial charge in [-0.25, -0.2) is 17.7 Å². The second-order valence-corrected chi connectivity index (χ2v) is 9.00. The molecule has 0 saturated carbocycles. The van der Waals surface area contributed by atoms with Crippen molar-refractivity contribution in [2.45, 2.75) is 31.6 Å². The van der Waals surface area contributed by atoms with Gasteiger partial charge in [0, 0.05) is 12.5 Å². The molecule has 0 spiro atoms. The van der Waals surface area contributed by atoms with Crippen molar-refractivity contribution in [2.24, 2.45) is 0 Å². The molecule has 0 unspecified atom stereocenters. The van der Waals surface area contributed by atoms with Crippen LogP contribution in [-0.2, 0) is 10.0 Å². The van der Waals surface area contributed by atoms with E-state index in [4.69, 9.17) is 4.74 Å². The average Bonchev–Trinajstić information content (AvgIpc) is 3.20. The minimum atomic E-state index is -3.87. The van der Waals surface area contributed by atoms with Crippen molar-refractivity contribution in [3.8, 4) is 5.75 Å². The Kier molecular flexibility index (Phi) is 5.07. The first kappa shape index (κ1) is 20.1. The lowest BCUT2D eigenvalue weighted by molar-refractivity contribution is 0.414. The van der Waals surface area contributed by atoms with Gasteiger partial charge in [-0.1, -0.05) is 26.0 Å². The summed E-state index contributed by atoms with van der Waals surface area (Å²) in [6, 6.07) is 13.9. The van der Waals surface area contributed by atoms with Gasteiger partial charge in [0.05, 0.1) is 23.0 Å². The number of ether oxygens (including phenoxy) is 1. The Morgan fingerprint density at radius 2 is 1.77 bits per heavy atom. The van der Waals surface area contributed by atoms with Crippen molar-refractivity contribution in [3.05, 3.63) is 54.4 Å². The monoisotopic (exact) mass is 425 g/mol. The Labute approximate surface area is 175 Å². The summed E-state index contributed by atoms with van der Waals surface area (Å²) in [6.45, 7) is 6.02. The second kappa shape index (κ2) is 7.56. The fourth-order valence-corrected chi connectivity index (χ4v) is 4.86. The predicted molar refractivity (Wildman–Crippen MR) is 116 cm³/mol. The number of hydrogen-bond acceptors (Lipinski definition) is 6. The fraction of sp³-hybridized carbons (Fsp3) is 0.286. The van der Waals surface area contributed by atoms with Gasteiger partial charge in [-0.3, -0.25) is 4.40 Å². The zero-order valence-corrected chi connectivity index (χ0v) is 18.1. The van der Waals surface area contributed by atoms with Crippen LogP contribution < -0.4 is 9.04 Å². The molecule has 0 amide bonds. The van der Waals surface area contributed by atoms with E-state index in [1.807, 2.05) is 42.5 Å². The summed E-state index contributed by atoms with van der Waals surface area (Å²) < 4.78 is 35.3. The van der Waals surface area contributed by atoms with E-state index in [0.29, 0.717) is 16.9 Å². The van der Waals surface area contributed by atoms with Gasteiger partial charge in [-0.2, -0.15) is 0 Å². The van der Waals surface area contributed by atoms with Gasteiger partial charge in [0.1, 0.15) is 11.6 Å². The number of methoxy groups -OCH3 is 1. The molecule has 8 nitrogen and oxygen atoms in total. The number of fused-ring (bicyclic) bond motifs is 3. The van der Waals surface area contributed by atoms with E-state index >= 15 is 0 Å². The molecule has 0 atom stereocenters. The summed E-state index contributed by atoms with van der Waals surface area (Å²) in [6.07, 6.45) is 0. The smallest absolute Gasteiger partial charge is 0.265 e. The SMILES string of the molecule is CCN(c1nc2ccccc2n2c(C(C)C)nnc12)S(=O)(=O)c1ccc(OC)cc1. The third-order valence-electron chi connectivity index (χ3n) is 4.92. The van der Waals surface area contributed by atoms with Crippen LogP contribution in [0.4, 0.5) is 5.82 Å². The largest absolute Gasteiger partial charge is 0.497 e. The van der Waals surface area contributed by atoms with Gasteiger partial charge in [-0.05, 0) is 43.3 Å². The van der Waals surface area contributed by atoms with E-state index in [1.54, 1.807) is 19.1 Å². The topological polar surface area (TPSA) is 89.7 Å². The molecule has 0 bridgehead atoms. The van der Waals surface area contributed by atoms with Crippen LogP contribution in [0.5, 0.6) is 5.75 Å². The highest BCUT2D eigenvalue weighted by Gasteiger charge is 2.29. The first-order valence-corrected chi connectivity index (χ1v) is 11.1. The summed E-state index contributed by atoms with van der Waals surface area (Å²) in [7, 11) is -2.33. The van der Waals surface area contributed by atoms with Crippen LogP contribution in [0.25, 0.3) is 16.7 Å². The molecule has 0 radical (unpaired) electrons. The van der Waals surface area contributed by atoms with Gasteiger partial charge < -0.3 is 4.74 Å². The van der Waals surface area contributed by atoms with Crippen LogP contribution in [0.2, 0.25) is 0 Å². The molecule has 30 heavy (non-hydrogen) atoms. The molecule has 0 aliphatic rings. The molecule has 0 aliphatic carbocycles. The predicted octanol–water partition coefficient (Wildman–Crippen LogP) is 3.62. The lowest BCUT2D eigenvalue weighted by Gasteiger charge is -2.23. The molecule has 2 aromatic carbocycles. The zero-order valence-electron chi connectivity index (χ0n) is 17.3. The fourth-order valence-electron chi connectivity index (χ4n) is 3.44. The third kappa shape index (κ3) is 3.15. The van der Waals surface area contributed by atoms with Crippen molar-refractivity contribution in [3.63, 3.8) is 0 Å². The molecule has 4 rings (SSSR count). The van der Waals surface area contributed by atoms with Gasteiger partial charge in [0.25, 0.3) is 10.0 Å².